The number of aromatic hydroxyl groups is 1. The van der Waals surface area contributed by atoms with Gasteiger partial charge < -0.3 is 34.4 Å². The van der Waals surface area contributed by atoms with Crippen molar-refractivity contribution in [2.24, 2.45) is 11.8 Å². The molecule has 0 bridgehead atoms. The fourth-order valence-electron chi connectivity index (χ4n) is 6.69. The van der Waals surface area contributed by atoms with E-state index in [2.05, 4.69) is 59.9 Å². The van der Waals surface area contributed by atoms with E-state index in [4.69, 9.17) is 14.2 Å². The highest BCUT2D eigenvalue weighted by Crippen LogP contribution is 2.39. The van der Waals surface area contributed by atoms with Crippen LogP contribution in [-0.2, 0) is 24.2 Å². The van der Waals surface area contributed by atoms with Gasteiger partial charge >= 0.3 is 0 Å². The number of benzene rings is 4. The number of nitrogens with zero attached hydrogens (tertiary/aromatic N) is 2. The first-order valence-electron chi connectivity index (χ1n) is 17.9. The molecule has 5 rings (SSSR count). The molecular weight excluding hydrogens is 638 g/mol. The predicted octanol–water partition coefficient (Wildman–Crippen LogP) is 7.21. The molecule has 2 atom stereocenters. The Hall–Kier alpha value is -4.95. The second-order valence-electron chi connectivity index (χ2n) is 13.7. The zero-order valence-corrected chi connectivity index (χ0v) is 30.5. The van der Waals surface area contributed by atoms with Gasteiger partial charge in [0.05, 0.1) is 14.2 Å². The Bertz CT molecular complexity index is 1690. The first-order valence-corrected chi connectivity index (χ1v) is 17.9. The molecule has 0 saturated carbocycles. The van der Waals surface area contributed by atoms with Crippen LogP contribution in [-0.4, -0.2) is 74.3 Å². The van der Waals surface area contributed by atoms with Crippen LogP contribution in [0.3, 0.4) is 0 Å². The number of hydrogen-bond donors (Lipinski definition) is 2. The van der Waals surface area contributed by atoms with Crippen molar-refractivity contribution in [3.8, 4) is 23.0 Å². The van der Waals surface area contributed by atoms with E-state index in [1.807, 2.05) is 66.7 Å². The molecule has 1 aliphatic rings. The molecule has 8 heteroatoms. The molecule has 51 heavy (non-hydrogen) atoms. The summed E-state index contributed by atoms with van der Waals surface area (Å²) in [4.78, 5) is 18.6. The molecule has 2 N–H and O–H groups in total. The standard InChI is InChI=1S/C43H53N3O5/c1-31(29-46(43(48)36-21-23-45(3)24-22-36)25-20-33-16-18-38(49-4)19-17-33)39(26-34-12-8-6-9-13-34)44-32(2)37-27-40(47)42(41(28-37)50-5)51-30-35-14-10-7-11-15-35/h6-19,27-28,31,36,39,44,47H,2,20-26,29-30H2,1,3-5H3/t31?,39-/m0/s1. The van der Waals surface area contributed by atoms with Gasteiger partial charge in [0, 0.05) is 36.3 Å². The van der Waals surface area contributed by atoms with Crippen molar-refractivity contribution >= 4 is 11.6 Å². The number of nitrogens with one attached hydrogen (secondary N) is 1. The van der Waals surface area contributed by atoms with Gasteiger partial charge in [-0.2, -0.15) is 0 Å². The fraction of sp³-hybridized carbons (Fsp3) is 0.372. The van der Waals surface area contributed by atoms with Gasteiger partial charge in [-0.1, -0.05) is 86.3 Å². The number of likely N-dealkylation sites (tertiary alicyclic amines) is 1. The highest BCUT2D eigenvalue weighted by atomic mass is 16.5. The minimum absolute atomic E-state index is 0.0238. The third-order valence-electron chi connectivity index (χ3n) is 9.89. The Kier molecular flexibility index (Phi) is 13.4. The molecule has 1 heterocycles. The lowest BCUT2D eigenvalue weighted by Gasteiger charge is -2.36. The largest absolute Gasteiger partial charge is 0.504 e. The average molecular weight is 692 g/mol. The van der Waals surface area contributed by atoms with E-state index in [9.17, 15) is 9.90 Å². The first-order chi connectivity index (χ1) is 24.7. The van der Waals surface area contributed by atoms with Crippen molar-refractivity contribution in [2.75, 3.05) is 47.4 Å². The van der Waals surface area contributed by atoms with Gasteiger partial charge in [-0.15, -0.1) is 0 Å². The Morgan fingerprint density at radius 1 is 0.922 bits per heavy atom. The van der Waals surface area contributed by atoms with Crippen molar-refractivity contribution in [3.63, 3.8) is 0 Å². The van der Waals surface area contributed by atoms with Crippen LogP contribution < -0.4 is 19.5 Å². The number of phenols is 1. The maximum absolute atomic E-state index is 14.2. The van der Waals surface area contributed by atoms with Gasteiger partial charge in [0.2, 0.25) is 11.7 Å². The lowest BCUT2D eigenvalue weighted by atomic mass is 9.91. The minimum Gasteiger partial charge on any atom is -0.504 e. The second kappa shape index (κ2) is 18.3. The van der Waals surface area contributed by atoms with Gasteiger partial charge in [-0.3, -0.25) is 4.79 Å². The molecule has 8 nitrogen and oxygen atoms in total. The van der Waals surface area contributed by atoms with E-state index in [0.717, 1.165) is 50.1 Å². The van der Waals surface area contributed by atoms with Crippen LogP contribution in [0.2, 0.25) is 0 Å². The summed E-state index contributed by atoms with van der Waals surface area (Å²) in [5, 5.41) is 14.8. The van der Waals surface area contributed by atoms with Crippen LogP contribution in [0.25, 0.3) is 5.70 Å². The summed E-state index contributed by atoms with van der Waals surface area (Å²) in [5.74, 6) is 1.83. The number of amides is 1. The summed E-state index contributed by atoms with van der Waals surface area (Å²) >= 11 is 0. The fourth-order valence-corrected chi connectivity index (χ4v) is 6.69. The van der Waals surface area contributed by atoms with E-state index in [-0.39, 0.29) is 35.3 Å². The quantitative estimate of drug-likeness (QED) is 0.121. The van der Waals surface area contributed by atoms with Crippen LogP contribution in [0.4, 0.5) is 0 Å². The maximum atomic E-state index is 14.2. The molecule has 1 saturated heterocycles. The van der Waals surface area contributed by atoms with Gasteiger partial charge in [0.1, 0.15) is 12.4 Å². The number of carbonyl (C=O) groups is 1. The van der Waals surface area contributed by atoms with Gasteiger partial charge in [0.25, 0.3) is 0 Å². The number of methoxy groups -OCH3 is 2. The smallest absolute Gasteiger partial charge is 0.225 e. The maximum Gasteiger partial charge on any atom is 0.225 e. The summed E-state index contributed by atoms with van der Waals surface area (Å²) in [6, 6.07) is 31.7. The van der Waals surface area contributed by atoms with Crippen molar-refractivity contribution < 1.29 is 24.1 Å². The summed E-state index contributed by atoms with van der Waals surface area (Å²) in [6.07, 6.45) is 3.25. The van der Waals surface area contributed by atoms with Crippen LogP contribution in [0, 0.1) is 11.8 Å². The molecule has 270 valence electrons. The summed E-state index contributed by atoms with van der Waals surface area (Å²) in [5.41, 5.74) is 4.69. The Morgan fingerprint density at radius 2 is 1.57 bits per heavy atom. The number of rotatable bonds is 17. The molecule has 1 aliphatic heterocycles. The highest BCUT2D eigenvalue weighted by Gasteiger charge is 2.30. The monoisotopic (exact) mass is 691 g/mol. The van der Waals surface area contributed by atoms with Crippen molar-refractivity contribution in [2.45, 2.75) is 45.3 Å². The van der Waals surface area contributed by atoms with E-state index < -0.39 is 0 Å². The molecule has 1 fully saturated rings. The number of ether oxygens (including phenoxy) is 3. The first kappa shape index (κ1) is 37.3. The number of hydrogen-bond acceptors (Lipinski definition) is 7. The zero-order chi connectivity index (χ0) is 36.2. The van der Waals surface area contributed by atoms with Crippen LogP contribution in [0.1, 0.15) is 42.0 Å². The Balaban J connectivity index is 1.35. The summed E-state index contributed by atoms with van der Waals surface area (Å²) in [7, 11) is 5.35. The molecule has 0 radical (unpaired) electrons. The molecule has 1 unspecified atom stereocenters. The third kappa shape index (κ3) is 10.5. The molecule has 4 aromatic rings. The molecule has 0 aliphatic carbocycles. The van der Waals surface area contributed by atoms with Crippen LogP contribution in [0.5, 0.6) is 23.0 Å². The van der Waals surface area contributed by atoms with Gasteiger partial charge in [-0.05, 0) is 92.7 Å². The highest BCUT2D eigenvalue weighted by molar-refractivity contribution is 5.79. The molecule has 0 spiro atoms. The number of phenolic OH excluding ortho intramolecular Hbond substituents is 1. The van der Waals surface area contributed by atoms with Crippen molar-refractivity contribution in [1.82, 2.24) is 15.1 Å². The molecular formula is C43H53N3O5. The predicted molar refractivity (Wildman–Crippen MR) is 204 cm³/mol. The minimum atomic E-state index is -0.0594. The third-order valence-corrected chi connectivity index (χ3v) is 9.89. The normalized spacial score (nSPS) is 14.7. The van der Waals surface area contributed by atoms with Gasteiger partial charge in [0.15, 0.2) is 11.5 Å². The van der Waals surface area contributed by atoms with Crippen molar-refractivity contribution in [3.05, 3.63) is 126 Å². The average Bonchev–Trinajstić information content (AvgIpc) is 3.16. The lowest BCUT2D eigenvalue weighted by Crippen LogP contribution is -2.47. The van der Waals surface area contributed by atoms with Crippen LogP contribution >= 0.6 is 0 Å². The van der Waals surface area contributed by atoms with Crippen molar-refractivity contribution in [1.29, 1.82) is 0 Å². The van der Waals surface area contributed by atoms with Gasteiger partial charge in [-0.25, -0.2) is 0 Å². The molecule has 1 amide bonds. The lowest BCUT2D eigenvalue weighted by molar-refractivity contribution is -0.137. The van der Waals surface area contributed by atoms with E-state index in [0.29, 0.717) is 36.7 Å². The topological polar surface area (TPSA) is 83.5 Å². The summed E-state index contributed by atoms with van der Waals surface area (Å²) < 4.78 is 17.0. The zero-order valence-electron chi connectivity index (χ0n) is 30.5. The van der Waals surface area contributed by atoms with E-state index in [1.54, 1.807) is 20.3 Å². The number of piperidine rings is 1. The van der Waals surface area contributed by atoms with E-state index >= 15 is 0 Å². The second-order valence-corrected chi connectivity index (χ2v) is 13.7. The molecule has 4 aromatic carbocycles. The summed E-state index contributed by atoms with van der Waals surface area (Å²) in [6.45, 7) is 10.00. The Labute approximate surface area is 303 Å². The number of carbonyl (C=O) groups excluding carboxylic acids is 1. The molecule has 0 aromatic heterocycles. The van der Waals surface area contributed by atoms with E-state index in [1.165, 1.54) is 11.1 Å². The Morgan fingerprint density at radius 3 is 2.20 bits per heavy atom. The van der Waals surface area contributed by atoms with Crippen LogP contribution in [0.15, 0.2) is 104 Å². The SMILES string of the molecule is C=C(N[C@@H](Cc1ccccc1)C(C)CN(CCc1ccc(OC)cc1)C(=O)C1CCN(C)CC1)c1cc(O)c(OCc2ccccc2)c(OC)c1.